The molecule has 0 radical (unpaired) electrons. The highest BCUT2D eigenvalue weighted by molar-refractivity contribution is 6.01. The van der Waals surface area contributed by atoms with E-state index >= 15 is 0 Å². The van der Waals surface area contributed by atoms with E-state index in [4.69, 9.17) is 10.5 Å². The van der Waals surface area contributed by atoms with Crippen molar-refractivity contribution in [2.75, 3.05) is 25.9 Å². The average molecular weight is 262 g/mol. The number of nitrogens with two attached hydrogens (primary N) is 1. The van der Waals surface area contributed by atoms with Crippen molar-refractivity contribution in [3.63, 3.8) is 0 Å². The maximum Gasteiger partial charge on any atom is 0.259 e. The second-order valence-corrected chi connectivity index (χ2v) is 5.14. The van der Waals surface area contributed by atoms with E-state index in [1.54, 1.807) is 17.0 Å². The topological polar surface area (TPSA) is 55.6 Å². The Hall–Kier alpha value is -1.71. The lowest BCUT2D eigenvalue weighted by atomic mass is 9.85. The molecule has 0 unspecified atom stereocenters. The quantitative estimate of drug-likeness (QED) is 0.830. The molecule has 0 aromatic heterocycles. The van der Waals surface area contributed by atoms with Gasteiger partial charge < -0.3 is 15.4 Å². The molecule has 2 rings (SSSR count). The number of hydrogen-bond acceptors (Lipinski definition) is 3. The Morgan fingerprint density at radius 1 is 1.47 bits per heavy atom. The molecule has 2 N–H and O–H groups in total. The van der Waals surface area contributed by atoms with Gasteiger partial charge in [0.2, 0.25) is 0 Å². The monoisotopic (exact) mass is 262 g/mol. The first-order valence-electron chi connectivity index (χ1n) is 6.90. The summed E-state index contributed by atoms with van der Waals surface area (Å²) in [4.78, 5) is 14.3. The van der Waals surface area contributed by atoms with Crippen LogP contribution in [0, 0.1) is 5.92 Å². The van der Waals surface area contributed by atoms with E-state index < -0.39 is 0 Å². The Kier molecular flexibility index (Phi) is 4.30. The molecule has 1 saturated carbocycles. The normalized spacial score (nSPS) is 14.8. The molecule has 4 nitrogen and oxygen atoms in total. The van der Waals surface area contributed by atoms with Crippen LogP contribution >= 0.6 is 0 Å². The van der Waals surface area contributed by atoms with Crippen LogP contribution in [0.1, 0.15) is 36.5 Å². The summed E-state index contributed by atoms with van der Waals surface area (Å²) in [5.41, 5.74) is 6.91. The third-order valence-electron chi connectivity index (χ3n) is 3.68. The maximum atomic E-state index is 12.5. The Labute approximate surface area is 114 Å². The molecule has 0 atom stereocenters. The van der Waals surface area contributed by atoms with Gasteiger partial charge in [-0.2, -0.15) is 0 Å². The molecule has 0 bridgehead atoms. The molecule has 4 heteroatoms. The zero-order chi connectivity index (χ0) is 13.8. The van der Waals surface area contributed by atoms with Gasteiger partial charge in [-0.05, 0) is 37.8 Å². The second kappa shape index (κ2) is 5.95. The summed E-state index contributed by atoms with van der Waals surface area (Å²) in [6.45, 7) is 3.23. The molecule has 0 aliphatic heterocycles. The smallest absolute Gasteiger partial charge is 0.259 e. The highest BCUT2D eigenvalue weighted by Crippen LogP contribution is 2.29. The fraction of sp³-hybridized carbons (Fsp3) is 0.533. The van der Waals surface area contributed by atoms with E-state index in [2.05, 4.69) is 0 Å². The van der Waals surface area contributed by atoms with E-state index in [0.717, 1.165) is 6.54 Å². The first-order valence-corrected chi connectivity index (χ1v) is 6.90. The summed E-state index contributed by atoms with van der Waals surface area (Å²) in [6, 6.07) is 5.35. The Morgan fingerprint density at radius 2 is 2.21 bits per heavy atom. The molecule has 1 aromatic rings. The average Bonchev–Trinajstić information content (AvgIpc) is 2.33. The van der Waals surface area contributed by atoms with Gasteiger partial charge in [0.1, 0.15) is 11.3 Å². The summed E-state index contributed by atoms with van der Waals surface area (Å²) < 4.78 is 5.51. The van der Waals surface area contributed by atoms with Gasteiger partial charge in [0.25, 0.3) is 5.91 Å². The highest BCUT2D eigenvalue weighted by atomic mass is 16.5. The van der Waals surface area contributed by atoms with Crippen LogP contribution < -0.4 is 10.5 Å². The minimum atomic E-state index is -0.0477. The maximum absolute atomic E-state index is 12.5. The van der Waals surface area contributed by atoms with E-state index in [-0.39, 0.29) is 5.91 Å². The summed E-state index contributed by atoms with van der Waals surface area (Å²) in [6.07, 6.45) is 3.73. The molecule has 1 amide bonds. The number of anilines is 1. The van der Waals surface area contributed by atoms with Gasteiger partial charge in [-0.3, -0.25) is 4.79 Å². The predicted octanol–water partition coefficient (Wildman–Crippen LogP) is 2.54. The minimum absolute atomic E-state index is 0.0477. The molecule has 1 aromatic carbocycles. The first-order chi connectivity index (χ1) is 9.13. The number of carbonyl (C=O) groups is 1. The van der Waals surface area contributed by atoms with Gasteiger partial charge in [0.15, 0.2) is 0 Å². The van der Waals surface area contributed by atoms with Crippen LogP contribution in [0.3, 0.4) is 0 Å². The van der Waals surface area contributed by atoms with Gasteiger partial charge in [0.05, 0.1) is 6.61 Å². The molecular formula is C15H22N2O2. The van der Waals surface area contributed by atoms with E-state index in [9.17, 15) is 4.79 Å². The molecule has 0 heterocycles. The summed E-state index contributed by atoms with van der Waals surface area (Å²) in [5.74, 6) is 1.18. The van der Waals surface area contributed by atoms with Crippen molar-refractivity contribution in [3.05, 3.63) is 23.8 Å². The van der Waals surface area contributed by atoms with Crippen LogP contribution in [-0.4, -0.2) is 31.0 Å². The van der Waals surface area contributed by atoms with Gasteiger partial charge in [-0.1, -0.05) is 12.5 Å². The van der Waals surface area contributed by atoms with Crippen molar-refractivity contribution in [3.8, 4) is 5.75 Å². The van der Waals surface area contributed by atoms with Gasteiger partial charge in [-0.25, -0.2) is 0 Å². The predicted molar refractivity (Wildman–Crippen MR) is 76.3 cm³/mol. The molecule has 19 heavy (non-hydrogen) atoms. The second-order valence-electron chi connectivity index (χ2n) is 5.14. The van der Waals surface area contributed by atoms with Crippen LogP contribution in [0.25, 0.3) is 0 Å². The number of amides is 1. The van der Waals surface area contributed by atoms with Crippen LogP contribution in [0.2, 0.25) is 0 Å². The molecule has 0 spiro atoms. The first kappa shape index (κ1) is 13.7. The van der Waals surface area contributed by atoms with Crippen molar-refractivity contribution >= 4 is 11.6 Å². The lowest BCUT2D eigenvalue weighted by Crippen LogP contribution is -2.34. The largest absolute Gasteiger partial charge is 0.493 e. The molecule has 1 aliphatic carbocycles. The van der Waals surface area contributed by atoms with Crippen molar-refractivity contribution in [2.24, 2.45) is 5.92 Å². The lowest BCUT2D eigenvalue weighted by molar-refractivity contribution is 0.0742. The molecular weight excluding hydrogens is 240 g/mol. The Bertz CT molecular complexity index is 455. The number of nitrogens with zero attached hydrogens (tertiary/aromatic N) is 1. The number of benzene rings is 1. The van der Waals surface area contributed by atoms with Crippen LogP contribution in [0.4, 0.5) is 5.69 Å². The molecule has 1 aliphatic rings. The van der Waals surface area contributed by atoms with Gasteiger partial charge in [0, 0.05) is 19.3 Å². The fourth-order valence-electron chi connectivity index (χ4n) is 2.39. The minimum Gasteiger partial charge on any atom is -0.493 e. The van der Waals surface area contributed by atoms with Crippen molar-refractivity contribution in [1.29, 1.82) is 0 Å². The van der Waals surface area contributed by atoms with Gasteiger partial charge >= 0.3 is 0 Å². The fourth-order valence-corrected chi connectivity index (χ4v) is 2.39. The van der Waals surface area contributed by atoms with Gasteiger partial charge in [-0.15, -0.1) is 0 Å². The highest BCUT2D eigenvalue weighted by Gasteiger charge is 2.24. The zero-order valence-electron chi connectivity index (χ0n) is 11.7. The Morgan fingerprint density at radius 3 is 2.79 bits per heavy atom. The third-order valence-corrected chi connectivity index (χ3v) is 3.68. The number of carbonyl (C=O) groups excluding carboxylic acids is 1. The van der Waals surface area contributed by atoms with Crippen LogP contribution in [-0.2, 0) is 0 Å². The summed E-state index contributed by atoms with van der Waals surface area (Å²) in [5, 5.41) is 0. The Balaban J connectivity index is 2.16. The summed E-state index contributed by atoms with van der Waals surface area (Å²) >= 11 is 0. The molecule has 104 valence electrons. The third kappa shape index (κ3) is 3.00. The number of ether oxygens (including phenoxy) is 1. The van der Waals surface area contributed by atoms with Crippen LogP contribution in [0.15, 0.2) is 18.2 Å². The number of hydrogen-bond donors (Lipinski definition) is 1. The van der Waals surface area contributed by atoms with Crippen molar-refractivity contribution in [2.45, 2.75) is 26.2 Å². The van der Waals surface area contributed by atoms with Crippen molar-refractivity contribution < 1.29 is 9.53 Å². The van der Waals surface area contributed by atoms with E-state index in [0.29, 0.717) is 29.5 Å². The number of nitrogen functional groups attached to an aromatic ring is 1. The summed E-state index contributed by atoms with van der Waals surface area (Å²) in [7, 11) is 1.84. The molecule has 1 fully saturated rings. The standard InChI is InChI=1S/C15H22N2O2/c1-3-19-13-9-5-8-12(16)14(13)15(18)17(2)10-11-6-4-7-11/h5,8-9,11H,3-4,6-7,10,16H2,1-2H3. The molecule has 0 saturated heterocycles. The lowest BCUT2D eigenvalue weighted by Gasteiger charge is -2.30. The van der Waals surface area contributed by atoms with E-state index in [1.165, 1.54) is 19.3 Å². The number of rotatable bonds is 5. The van der Waals surface area contributed by atoms with Crippen LogP contribution in [0.5, 0.6) is 5.75 Å². The van der Waals surface area contributed by atoms with Crippen molar-refractivity contribution in [1.82, 2.24) is 4.90 Å². The van der Waals surface area contributed by atoms with E-state index in [1.807, 2.05) is 20.0 Å². The SMILES string of the molecule is CCOc1cccc(N)c1C(=O)N(C)CC1CCC1. The zero-order valence-corrected chi connectivity index (χ0v) is 11.7.